The van der Waals surface area contributed by atoms with Crippen molar-refractivity contribution in [1.82, 2.24) is 0 Å². The number of hydrogen-bond acceptors (Lipinski definition) is 3. The van der Waals surface area contributed by atoms with Crippen LogP contribution in [0.4, 0.5) is 11.4 Å². The molecule has 0 aliphatic carbocycles. The number of amides is 2. The van der Waals surface area contributed by atoms with Crippen molar-refractivity contribution in [2.75, 3.05) is 17.3 Å². The summed E-state index contributed by atoms with van der Waals surface area (Å²) in [6, 6.07) is 24.0. The van der Waals surface area contributed by atoms with Gasteiger partial charge in [0.2, 0.25) is 0 Å². The van der Waals surface area contributed by atoms with Gasteiger partial charge in [-0.05, 0) is 55.3 Å². The van der Waals surface area contributed by atoms with Gasteiger partial charge >= 0.3 is 0 Å². The molecule has 0 aliphatic rings. The van der Waals surface area contributed by atoms with Gasteiger partial charge in [0.1, 0.15) is 5.75 Å². The summed E-state index contributed by atoms with van der Waals surface area (Å²) >= 11 is 0. The summed E-state index contributed by atoms with van der Waals surface area (Å²) in [6.07, 6.45) is -0.104. The first kappa shape index (κ1) is 21.1. The van der Waals surface area contributed by atoms with E-state index in [1.54, 1.807) is 36.2 Å². The molecule has 1 unspecified atom stereocenters. The van der Waals surface area contributed by atoms with Crippen molar-refractivity contribution in [2.45, 2.75) is 26.4 Å². The molecule has 3 aromatic carbocycles. The Balaban J connectivity index is 1.71. The summed E-state index contributed by atoms with van der Waals surface area (Å²) < 4.78 is 5.91. The molecule has 0 bridgehead atoms. The second-order valence-corrected chi connectivity index (χ2v) is 7.05. The molecule has 0 saturated carbocycles. The van der Waals surface area contributed by atoms with E-state index in [4.69, 9.17) is 4.74 Å². The summed E-state index contributed by atoms with van der Waals surface area (Å²) in [5.41, 5.74) is 2.82. The first-order valence-electron chi connectivity index (χ1n) is 9.96. The summed E-state index contributed by atoms with van der Waals surface area (Å²) in [7, 11) is 1.73. The van der Waals surface area contributed by atoms with Gasteiger partial charge in [0.15, 0.2) is 6.10 Å². The first-order valence-corrected chi connectivity index (χ1v) is 9.96. The van der Waals surface area contributed by atoms with Crippen LogP contribution in [-0.4, -0.2) is 25.0 Å². The lowest BCUT2D eigenvalue weighted by molar-refractivity contribution is -0.122. The molecule has 1 atom stereocenters. The van der Waals surface area contributed by atoms with Crippen LogP contribution in [0.15, 0.2) is 78.9 Å². The van der Waals surface area contributed by atoms with Gasteiger partial charge in [-0.3, -0.25) is 9.59 Å². The van der Waals surface area contributed by atoms with Gasteiger partial charge < -0.3 is 15.0 Å². The van der Waals surface area contributed by atoms with Gasteiger partial charge in [-0.1, -0.05) is 49.4 Å². The predicted octanol–water partition coefficient (Wildman–Crippen LogP) is 5.07. The van der Waals surface area contributed by atoms with Crippen molar-refractivity contribution in [3.8, 4) is 5.75 Å². The van der Waals surface area contributed by atoms with Crippen LogP contribution in [0.1, 0.15) is 29.3 Å². The zero-order chi connectivity index (χ0) is 21.5. The van der Waals surface area contributed by atoms with E-state index in [2.05, 4.69) is 5.32 Å². The second-order valence-electron chi connectivity index (χ2n) is 7.05. The van der Waals surface area contributed by atoms with Crippen molar-refractivity contribution in [2.24, 2.45) is 0 Å². The van der Waals surface area contributed by atoms with Crippen molar-refractivity contribution in [1.29, 1.82) is 0 Å². The topological polar surface area (TPSA) is 58.6 Å². The fraction of sp³-hybridized carbons (Fsp3) is 0.200. The van der Waals surface area contributed by atoms with E-state index < -0.39 is 6.10 Å². The van der Waals surface area contributed by atoms with Crippen LogP contribution >= 0.6 is 0 Å². The Morgan fingerprint density at radius 3 is 2.37 bits per heavy atom. The van der Waals surface area contributed by atoms with Gasteiger partial charge in [-0.15, -0.1) is 0 Å². The number of benzene rings is 3. The standard InChI is InChI=1S/C25H26N2O3/c1-4-22(30-23-16-9-8-11-18(23)2)24(28)26-20-13-10-12-19(17-20)25(29)27(3)21-14-6-5-7-15-21/h5-17,22H,4H2,1-3H3,(H,26,28). The Bertz CT molecular complexity index is 1020. The molecule has 154 valence electrons. The molecule has 5 heteroatoms. The van der Waals surface area contributed by atoms with E-state index in [0.29, 0.717) is 23.4 Å². The number of para-hydroxylation sites is 2. The van der Waals surface area contributed by atoms with Crippen molar-refractivity contribution in [3.63, 3.8) is 0 Å². The molecule has 2 amide bonds. The number of ether oxygens (including phenoxy) is 1. The van der Waals surface area contributed by atoms with E-state index >= 15 is 0 Å². The average molecular weight is 402 g/mol. The van der Waals surface area contributed by atoms with Crippen molar-refractivity contribution < 1.29 is 14.3 Å². The molecular formula is C25H26N2O3. The number of aryl methyl sites for hydroxylation is 1. The highest BCUT2D eigenvalue weighted by atomic mass is 16.5. The molecular weight excluding hydrogens is 376 g/mol. The molecule has 5 nitrogen and oxygen atoms in total. The lowest BCUT2D eigenvalue weighted by Crippen LogP contribution is -2.32. The maximum Gasteiger partial charge on any atom is 0.265 e. The summed E-state index contributed by atoms with van der Waals surface area (Å²) in [4.78, 5) is 27.2. The lowest BCUT2D eigenvalue weighted by Gasteiger charge is -2.20. The number of carbonyl (C=O) groups is 2. The monoisotopic (exact) mass is 402 g/mol. The number of nitrogens with zero attached hydrogens (tertiary/aromatic N) is 1. The maximum absolute atomic E-state index is 12.8. The van der Waals surface area contributed by atoms with E-state index in [9.17, 15) is 9.59 Å². The minimum atomic E-state index is -0.627. The van der Waals surface area contributed by atoms with Crippen LogP contribution < -0.4 is 15.0 Å². The van der Waals surface area contributed by atoms with Crippen LogP contribution in [-0.2, 0) is 4.79 Å². The van der Waals surface area contributed by atoms with Crippen LogP contribution in [0.3, 0.4) is 0 Å². The van der Waals surface area contributed by atoms with Gasteiger partial charge in [-0.2, -0.15) is 0 Å². The number of anilines is 2. The Kier molecular flexibility index (Phi) is 6.86. The molecule has 0 spiro atoms. The summed E-state index contributed by atoms with van der Waals surface area (Å²) in [5, 5.41) is 2.87. The summed E-state index contributed by atoms with van der Waals surface area (Å²) in [6.45, 7) is 3.84. The molecule has 0 fully saturated rings. The largest absolute Gasteiger partial charge is 0.480 e. The minimum absolute atomic E-state index is 0.152. The van der Waals surface area contributed by atoms with E-state index in [-0.39, 0.29) is 11.8 Å². The second kappa shape index (κ2) is 9.74. The van der Waals surface area contributed by atoms with Gasteiger partial charge in [0.25, 0.3) is 11.8 Å². The molecule has 0 heterocycles. The maximum atomic E-state index is 12.8. The van der Waals surface area contributed by atoms with Crippen molar-refractivity contribution >= 4 is 23.2 Å². The van der Waals surface area contributed by atoms with Crippen LogP contribution in [0, 0.1) is 6.92 Å². The molecule has 1 N–H and O–H groups in total. The van der Waals surface area contributed by atoms with Crippen LogP contribution in [0.5, 0.6) is 5.75 Å². The highest BCUT2D eigenvalue weighted by molar-refractivity contribution is 6.06. The molecule has 0 aliphatic heterocycles. The zero-order valence-corrected chi connectivity index (χ0v) is 17.5. The van der Waals surface area contributed by atoms with E-state index in [1.165, 1.54) is 0 Å². The fourth-order valence-corrected chi connectivity index (χ4v) is 3.08. The smallest absolute Gasteiger partial charge is 0.265 e. The highest BCUT2D eigenvalue weighted by Crippen LogP contribution is 2.21. The average Bonchev–Trinajstić information content (AvgIpc) is 2.78. The Hall–Kier alpha value is -3.60. The van der Waals surface area contributed by atoms with Gasteiger partial charge in [0, 0.05) is 24.0 Å². The third-order valence-corrected chi connectivity index (χ3v) is 4.85. The SMILES string of the molecule is CCC(Oc1ccccc1C)C(=O)Nc1cccc(C(=O)N(C)c2ccccc2)c1. The van der Waals surface area contributed by atoms with Gasteiger partial charge in [0.05, 0.1) is 0 Å². The number of hydrogen-bond donors (Lipinski definition) is 1. The Morgan fingerprint density at radius 2 is 1.67 bits per heavy atom. The molecule has 30 heavy (non-hydrogen) atoms. The minimum Gasteiger partial charge on any atom is -0.480 e. The molecule has 0 saturated heterocycles. The lowest BCUT2D eigenvalue weighted by atomic mass is 10.1. The predicted molar refractivity (Wildman–Crippen MR) is 120 cm³/mol. The third-order valence-electron chi connectivity index (χ3n) is 4.85. The highest BCUT2D eigenvalue weighted by Gasteiger charge is 2.20. The first-order chi connectivity index (χ1) is 14.5. The molecule has 3 rings (SSSR count). The summed E-state index contributed by atoms with van der Waals surface area (Å²) in [5.74, 6) is 0.287. The van der Waals surface area contributed by atoms with E-state index in [0.717, 1.165) is 11.3 Å². The number of carbonyl (C=O) groups excluding carboxylic acids is 2. The molecule has 0 aromatic heterocycles. The third kappa shape index (κ3) is 5.06. The fourth-order valence-electron chi connectivity index (χ4n) is 3.08. The number of nitrogens with one attached hydrogen (secondary N) is 1. The molecule has 0 radical (unpaired) electrons. The van der Waals surface area contributed by atoms with Gasteiger partial charge in [-0.25, -0.2) is 0 Å². The normalized spacial score (nSPS) is 11.4. The van der Waals surface area contributed by atoms with Crippen LogP contribution in [0.2, 0.25) is 0 Å². The molecule has 3 aromatic rings. The van der Waals surface area contributed by atoms with Crippen molar-refractivity contribution in [3.05, 3.63) is 90.0 Å². The van der Waals surface area contributed by atoms with Crippen LogP contribution in [0.25, 0.3) is 0 Å². The Labute approximate surface area is 177 Å². The Morgan fingerprint density at radius 1 is 0.967 bits per heavy atom. The number of rotatable bonds is 7. The zero-order valence-electron chi connectivity index (χ0n) is 17.5. The van der Waals surface area contributed by atoms with E-state index in [1.807, 2.05) is 68.4 Å². The quantitative estimate of drug-likeness (QED) is 0.600.